The quantitative estimate of drug-likeness (QED) is 0.366. The summed E-state index contributed by atoms with van der Waals surface area (Å²) in [6.45, 7) is 0.750. The lowest BCUT2D eigenvalue weighted by molar-refractivity contribution is 0.299. The summed E-state index contributed by atoms with van der Waals surface area (Å²) in [5, 5.41) is 12.0. The van der Waals surface area contributed by atoms with E-state index in [1.807, 2.05) is 72.8 Å². The summed E-state index contributed by atoms with van der Waals surface area (Å²) in [4.78, 5) is 24.0. The van der Waals surface area contributed by atoms with E-state index in [0.717, 1.165) is 38.2 Å². The van der Waals surface area contributed by atoms with Crippen LogP contribution in [0.25, 0.3) is 10.2 Å². The van der Waals surface area contributed by atoms with E-state index in [-0.39, 0.29) is 4.87 Å². The van der Waals surface area contributed by atoms with Crippen molar-refractivity contribution in [2.45, 2.75) is 19.0 Å². The molecular weight excluding hydrogens is 410 g/mol. The number of rotatable bonds is 8. The van der Waals surface area contributed by atoms with Gasteiger partial charge in [0.25, 0.3) is 0 Å². The van der Waals surface area contributed by atoms with Crippen molar-refractivity contribution >= 4 is 21.6 Å². The predicted octanol–water partition coefficient (Wildman–Crippen LogP) is 5.06. The molecule has 0 spiro atoms. The maximum Gasteiger partial charge on any atom is 0.308 e. The molecule has 0 radical (unpaired) electrons. The lowest BCUT2D eigenvalue weighted by Gasteiger charge is -2.11. The van der Waals surface area contributed by atoms with Gasteiger partial charge in [-0.1, -0.05) is 65.0 Å². The minimum absolute atomic E-state index is 0.0737. The number of ether oxygens (including phenoxy) is 1. The van der Waals surface area contributed by atoms with Gasteiger partial charge in [0.2, 0.25) is 0 Å². The minimum atomic E-state index is -0.608. The minimum Gasteiger partial charge on any atom is -0.492 e. The van der Waals surface area contributed by atoms with Crippen LogP contribution < -0.4 is 9.61 Å². The van der Waals surface area contributed by atoms with Gasteiger partial charge in [0.1, 0.15) is 18.4 Å². The van der Waals surface area contributed by atoms with Crippen molar-refractivity contribution in [1.29, 1.82) is 5.26 Å². The van der Waals surface area contributed by atoms with Crippen molar-refractivity contribution in [2.75, 3.05) is 6.61 Å². The molecule has 1 atom stereocenters. The summed E-state index contributed by atoms with van der Waals surface area (Å²) in [5.74, 6) is 0.694. The number of nitriles is 1. The molecule has 1 aromatic heterocycles. The van der Waals surface area contributed by atoms with Gasteiger partial charge in [0.15, 0.2) is 0 Å². The number of fused-ring (bicyclic) bond motifs is 1. The van der Waals surface area contributed by atoms with Crippen molar-refractivity contribution < 1.29 is 4.74 Å². The molecule has 0 N–H and O–H groups in total. The molecule has 0 saturated heterocycles. The molecule has 0 bridgehead atoms. The van der Waals surface area contributed by atoms with Crippen LogP contribution in [0.15, 0.2) is 82.8 Å². The van der Waals surface area contributed by atoms with E-state index in [1.165, 1.54) is 0 Å². The molecule has 1 unspecified atom stereocenters. The van der Waals surface area contributed by atoms with Crippen LogP contribution in [0.4, 0.5) is 0 Å². The number of nitrogens with zero attached hydrogens (tertiary/aromatic N) is 3. The largest absolute Gasteiger partial charge is 0.492 e. The molecule has 3 aromatic carbocycles. The highest BCUT2D eigenvalue weighted by atomic mass is 32.1. The van der Waals surface area contributed by atoms with Gasteiger partial charge in [-0.25, -0.2) is 0 Å². The van der Waals surface area contributed by atoms with Crippen LogP contribution in [0.5, 0.6) is 5.75 Å². The Balaban J connectivity index is 1.50. The van der Waals surface area contributed by atoms with Gasteiger partial charge >= 0.3 is 4.87 Å². The molecular formula is C24H19N3O3S. The first-order chi connectivity index (χ1) is 15.2. The van der Waals surface area contributed by atoms with E-state index in [4.69, 9.17) is 10.00 Å². The van der Waals surface area contributed by atoms with Crippen molar-refractivity contribution in [3.63, 3.8) is 0 Å². The Morgan fingerprint density at radius 3 is 2.52 bits per heavy atom. The normalized spacial score (nSPS) is 11.7. The first kappa shape index (κ1) is 20.5. The Morgan fingerprint density at radius 1 is 1.03 bits per heavy atom. The Labute approximate surface area is 182 Å². The molecule has 6 nitrogen and oxygen atoms in total. The second-order valence-corrected chi connectivity index (χ2v) is 7.99. The summed E-state index contributed by atoms with van der Waals surface area (Å²) >= 11 is 1.15. The average molecular weight is 430 g/mol. The number of nitroso groups, excluding NO2 is 1. The van der Waals surface area contributed by atoms with E-state index < -0.39 is 6.04 Å². The Bertz CT molecular complexity index is 1290. The molecule has 0 aliphatic heterocycles. The lowest BCUT2D eigenvalue weighted by Crippen LogP contribution is -2.17. The van der Waals surface area contributed by atoms with Crippen LogP contribution in [0, 0.1) is 16.2 Å². The molecule has 0 saturated carbocycles. The monoisotopic (exact) mass is 429 g/mol. The molecule has 4 rings (SSSR count). The third-order valence-corrected chi connectivity index (χ3v) is 5.96. The van der Waals surface area contributed by atoms with Crippen molar-refractivity contribution in [3.8, 4) is 11.8 Å². The zero-order chi connectivity index (χ0) is 21.6. The van der Waals surface area contributed by atoms with Crippen LogP contribution in [-0.2, 0) is 13.0 Å². The van der Waals surface area contributed by atoms with Crippen LogP contribution in [0.1, 0.15) is 22.7 Å². The molecule has 7 heteroatoms. The van der Waals surface area contributed by atoms with Gasteiger partial charge in [0, 0.05) is 0 Å². The number of hydrogen-bond donors (Lipinski definition) is 0. The molecule has 4 aromatic rings. The number of aromatic nitrogens is 1. The zero-order valence-electron chi connectivity index (χ0n) is 16.6. The Morgan fingerprint density at radius 2 is 1.81 bits per heavy atom. The standard InChI is InChI=1S/C24H19N3O3S/c25-13-12-17-6-9-20(10-7-17)30-15-14-27-21-11-8-19(16-22(21)31-24(27)28)23(26-29)18-4-2-1-3-5-18/h1-11,16,23H,12,14-15H2. The van der Waals surface area contributed by atoms with Gasteiger partial charge in [0.05, 0.1) is 29.3 Å². The van der Waals surface area contributed by atoms with Gasteiger partial charge in [-0.15, -0.1) is 4.91 Å². The van der Waals surface area contributed by atoms with Gasteiger partial charge in [-0.3, -0.25) is 9.36 Å². The fourth-order valence-electron chi connectivity index (χ4n) is 3.46. The summed E-state index contributed by atoms with van der Waals surface area (Å²) in [6.07, 6.45) is 0.364. The summed E-state index contributed by atoms with van der Waals surface area (Å²) in [5.41, 5.74) is 3.32. The molecule has 0 aliphatic carbocycles. The fourth-order valence-corrected chi connectivity index (χ4v) is 4.43. The molecule has 0 fully saturated rings. The van der Waals surface area contributed by atoms with Gasteiger partial charge in [-0.05, 0) is 41.0 Å². The zero-order valence-corrected chi connectivity index (χ0v) is 17.4. The highest BCUT2D eigenvalue weighted by molar-refractivity contribution is 7.16. The topological polar surface area (TPSA) is 84.4 Å². The first-order valence-corrected chi connectivity index (χ1v) is 10.6. The first-order valence-electron chi connectivity index (χ1n) is 9.79. The molecule has 1 heterocycles. The van der Waals surface area contributed by atoms with E-state index >= 15 is 0 Å². The van der Waals surface area contributed by atoms with Crippen molar-refractivity contribution in [3.05, 3.63) is 104 Å². The van der Waals surface area contributed by atoms with E-state index in [0.29, 0.717) is 25.3 Å². The molecule has 0 aliphatic rings. The fraction of sp³-hybridized carbons (Fsp3) is 0.167. The van der Waals surface area contributed by atoms with E-state index in [1.54, 1.807) is 4.57 Å². The number of hydrogen-bond acceptors (Lipinski definition) is 6. The summed E-state index contributed by atoms with van der Waals surface area (Å²) < 4.78 is 8.25. The third-order valence-electron chi connectivity index (χ3n) is 5.02. The SMILES string of the molecule is N#CCc1ccc(OCCn2c(=O)sc3cc(C(N=O)c4ccccc4)ccc32)cc1. The second kappa shape index (κ2) is 9.37. The summed E-state index contributed by atoms with van der Waals surface area (Å²) in [6, 6.07) is 23.8. The maximum atomic E-state index is 12.5. The van der Waals surface area contributed by atoms with Crippen LogP contribution in [0.2, 0.25) is 0 Å². The molecule has 0 amide bonds. The lowest BCUT2D eigenvalue weighted by atomic mass is 9.99. The van der Waals surface area contributed by atoms with Crippen LogP contribution in [-0.4, -0.2) is 11.2 Å². The number of thiazole rings is 1. The second-order valence-electron chi connectivity index (χ2n) is 6.99. The van der Waals surface area contributed by atoms with Gasteiger partial charge in [-0.2, -0.15) is 5.26 Å². The average Bonchev–Trinajstić information content (AvgIpc) is 3.11. The molecule has 31 heavy (non-hydrogen) atoms. The van der Waals surface area contributed by atoms with Crippen molar-refractivity contribution in [2.24, 2.45) is 5.18 Å². The maximum absolute atomic E-state index is 12.5. The third kappa shape index (κ3) is 4.55. The van der Waals surface area contributed by atoms with E-state index in [9.17, 15) is 9.70 Å². The van der Waals surface area contributed by atoms with Crippen molar-refractivity contribution in [1.82, 2.24) is 4.57 Å². The Kier molecular flexibility index (Phi) is 6.20. The Hall–Kier alpha value is -3.76. The van der Waals surface area contributed by atoms with E-state index in [2.05, 4.69) is 11.2 Å². The van der Waals surface area contributed by atoms with Crippen LogP contribution >= 0.6 is 11.3 Å². The predicted molar refractivity (Wildman–Crippen MR) is 121 cm³/mol. The summed E-state index contributed by atoms with van der Waals surface area (Å²) in [7, 11) is 0. The highest BCUT2D eigenvalue weighted by Gasteiger charge is 2.16. The highest BCUT2D eigenvalue weighted by Crippen LogP contribution is 2.29. The van der Waals surface area contributed by atoms with Crippen LogP contribution in [0.3, 0.4) is 0 Å². The molecule has 154 valence electrons. The van der Waals surface area contributed by atoms with Gasteiger partial charge < -0.3 is 4.74 Å². The number of benzene rings is 3. The smallest absolute Gasteiger partial charge is 0.308 e.